The predicted octanol–water partition coefficient (Wildman–Crippen LogP) is 0.341. The van der Waals surface area contributed by atoms with Crippen molar-refractivity contribution in [1.29, 1.82) is 0 Å². The van der Waals surface area contributed by atoms with Crippen LogP contribution in [0.25, 0.3) is 0 Å². The molecule has 0 aromatic rings. The van der Waals surface area contributed by atoms with Crippen LogP contribution in [0, 0.1) is 0 Å². The molecule has 0 radical (unpaired) electrons. The number of allylic oxidation sites excluding steroid dienone is 1. The van der Waals surface area contributed by atoms with Crippen LogP contribution in [-0.2, 0) is 9.84 Å². The Bertz CT molecular complexity index is 261. The second-order valence-corrected chi connectivity index (χ2v) is 5.46. The Balaban J connectivity index is 2.26. The largest absolute Gasteiger partial charge is 0.309 e. The van der Waals surface area contributed by atoms with Gasteiger partial charge in [-0.25, -0.2) is 8.42 Å². The fraction of sp³-hybridized carbons (Fsp3) is 0.750. The maximum absolute atomic E-state index is 11.0. The van der Waals surface area contributed by atoms with Crippen LogP contribution < -0.4 is 5.32 Å². The quantitative estimate of drug-likeness (QED) is 0.649. The Morgan fingerprint density at radius 3 is 2.58 bits per heavy atom. The zero-order valence-corrected chi connectivity index (χ0v) is 8.15. The zero-order chi connectivity index (χ0) is 9.03. The summed E-state index contributed by atoms with van der Waals surface area (Å²) in [6.07, 6.45) is 2.71. The second-order valence-electron chi connectivity index (χ2n) is 2.99. The van der Waals surface area contributed by atoms with E-state index in [2.05, 4.69) is 5.32 Å². The van der Waals surface area contributed by atoms with Gasteiger partial charge in [0.1, 0.15) is 9.84 Å². The molecule has 0 unspecified atom stereocenters. The molecule has 1 aliphatic heterocycles. The summed E-state index contributed by atoms with van der Waals surface area (Å²) in [7, 11) is -2.76. The average molecular weight is 189 g/mol. The first-order valence-electron chi connectivity index (χ1n) is 4.23. The van der Waals surface area contributed by atoms with E-state index in [1.54, 1.807) is 6.92 Å². The van der Waals surface area contributed by atoms with Crippen molar-refractivity contribution in [2.24, 2.45) is 0 Å². The fourth-order valence-corrected chi connectivity index (χ4v) is 1.77. The lowest BCUT2D eigenvalue weighted by atomic mass is 10.1. The maximum Gasteiger partial charge on any atom is 0.150 e. The Morgan fingerprint density at radius 1 is 1.50 bits per heavy atom. The van der Waals surface area contributed by atoms with Gasteiger partial charge in [0.2, 0.25) is 0 Å². The highest BCUT2D eigenvalue weighted by Gasteiger charge is 2.08. The third kappa shape index (κ3) is 2.95. The van der Waals surface area contributed by atoms with Gasteiger partial charge >= 0.3 is 0 Å². The smallest absolute Gasteiger partial charge is 0.150 e. The Hall–Kier alpha value is -0.350. The lowest BCUT2D eigenvalue weighted by Gasteiger charge is -2.18. The molecule has 0 aromatic heterocycles. The van der Waals surface area contributed by atoms with Crippen molar-refractivity contribution in [3.05, 3.63) is 11.6 Å². The molecular formula is C8H15NO2S. The van der Waals surface area contributed by atoms with Gasteiger partial charge in [0, 0.05) is 18.8 Å². The molecule has 1 fully saturated rings. The molecule has 4 heteroatoms. The first-order chi connectivity index (χ1) is 5.64. The van der Waals surface area contributed by atoms with Crippen molar-refractivity contribution < 1.29 is 8.42 Å². The number of hydrogen-bond acceptors (Lipinski definition) is 3. The number of nitrogens with one attached hydrogen (secondary N) is 1. The van der Waals surface area contributed by atoms with Crippen LogP contribution >= 0.6 is 0 Å². The number of sulfone groups is 1. The molecule has 1 saturated heterocycles. The van der Waals surface area contributed by atoms with Crippen LogP contribution in [0.2, 0.25) is 0 Å². The van der Waals surface area contributed by atoms with Crippen molar-refractivity contribution in [1.82, 2.24) is 5.32 Å². The standard InChI is InChI=1S/C8H15NO2S/c1-2-12(10,11)5-3-4-8-6-9-7-8/h4,9H,2-3,5-7H2,1H3. The van der Waals surface area contributed by atoms with Crippen LogP contribution in [-0.4, -0.2) is 33.0 Å². The highest BCUT2D eigenvalue weighted by atomic mass is 32.2. The number of hydrogen-bond donors (Lipinski definition) is 1. The molecule has 1 N–H and O–H groups in total. The van der Waals surface area contributed by atoms with E-state index in [1.165, 1.54) is 5.57 Å². The van der Waals surface area contributed by atoms with Gasteiger partial charge in [-0.3, -0.25) is 0 Å². The van der Waals surface area contributed by atoms with E-state index in [0.717, 1.165) is 13.1 Å². The van der Waals surface area contributed by atoms with Crippen LogP contribution in [0.3, 0.4) is 0 Å². The van der Waals surface area contributed by atoms with E-state index in [-0.39, 0.29) is 5.75 Å². The molecule has 1 rings (SSSR count). The molecule has 0 amide bonds. The molecule has 0 spiro atoms. The van der Waals surface area contributed by atoms with Crippen LogP contribution in [0.5, 0.6) is 0 Å². The van der Waals surface area contributed by atoms with Gasteiger partial charge in [-0.1, -0.05) is 13.0 Å². The SMILES string of the molecule is CCS(=O)(=O)CCC=C1CNC1. The van der Waals surface area contributed by atoms with Gasteiger partial charge in [0.05, 0.1) is 5.75 Å². The normalized spacial score (nSPS) is 17.2. The van der Waals surface area contributed by atoms with Gasteiger partial charge in [-0.15, -0.1) is 0 Å². The molecule has 3 nitrogen and oxygen atoms in total. The number of rotatable bonds is 4. The second kappa shape index (κ2) is 4.05. The molecule has 0 bridgehead atoms. The lowest BCUT2D eigenvalue weighted by Crippen LogP contribution is -2.33. The van der Waals surface area contributed by atoms with Crippen molar-refractivity contribution in [3.8, 4) is 0 Å². The van der Waals surface area contributed by atoms with Crippen LogP contribution in [0.1, 0.15) is 13.3 Å². The van der Waals surface area contributed by atoms with E-state index in [1.807, 2.05) is 6.08 Å². The van der Waals surface area contributed by atoms with E-state index in [4.69, 9.17) is 0 Å². The first-order valence-corrected chi connectivity index (χ1v) is 6.05. The monoisotopic (exact) mass is 189 g/mol. The lowest BCUT2D eigenvalue weighted by molar-refractivity contribution is 0.596. The minimum atomic E-state index is -2.76. The molecule has 12 heavy (non-hydrogen) atoms. The van der Waals surface area contributed by atoms with Crippen molar-refractivity contribution in [2.75, 3.05) is 24.6 Å². The highest BCUT2D eigenvalue weighted by Crippen LogP contribution is 2.03. The summed E-state index contributed by atoms with van der Waals surface area (Å²) < 4.78 is 22.1. The van der Waals surface area contributed by atoms with Gasteiger partial charge in [-0.05, 0) is 12.0 Å². The van der Waals surface area contributed by atoms with Gasteiger partial charge in [0.15, 0.2) is 0 Å². The Morgan fingerprint density at radius 2 is 2.17 bits per heavy atom. The third-order valence-corrected chi connectivity index (χ3v) is 3.74. The molecule has 0 aromatic carbocycles. The molecule has 0 atom stereocenters. The summed E-state index contributed by atoms with van der Waals surface area (Å²) in [5, 5.41) is 3.11. The van der Waals surface area contributed by atoms with Crippen LogP contribution in [0.15, 0.2) is 11.6 Å². The molecule has 0 aliphatic carbocycles. The van der Waals surface area contributed by atoms with E-state index >= 15 is 0 Å². The molecule has 0 saturated carbocycles. The zero-order valence-electron chi connectivity index (χ0n) is 7.34. The van der Waals surface area contributed by atoms with E-state index in [9.17, 15) is 8.42 Å². The highest BCUT2D eigenvalue weighted by molar-refractivity contribution is 7.91. The van der Waals surface area contributed by atoms with Crippen molar-refractivity contribution in [3.63, 3.8) is 0 Å². The van der Waals surface area contributed by atoms with E-state index < -0.39 is 9.84 Å². The first kappa shape index (κ1) is 9.74. The average Bonchev–Trinajstić information content (AvgIpc) is 1.95. The predicted molar refractivity (Wildman–Crippen MR) is 49.9 cm³/mol. The third-order valence-electron chi connectivity index (χ3n) is 2.01. The molecule has 70 valence electrons. The summed E-state index contributed by atoms with van der Waals surface area (Å²) in [4.78, 5) is 0. The van der Waals surface area contributed by atoms with Crippen molar-refractivity contribution >= 4 is 9.84 Å². The van der Waals surface area contributed by atoms with Crippen LogP contribution in [0.4, 0.5) is 0 Å². The minimum Gasteiger partial charge on any atom is -0.309 e. The summed E-state index contributed by atoms with van der Waals surface area (Å²) in [6, 6.07) is 0. The summed E-state index contributed by atoms with van der Waals surface area (Å²) in [6.45, 7) is 3.56. The summed E-state index contributed by atoms with van der Waals surface area (Å²) in [5.41, 5.74) is 1.33. The molecular weight excluding hydrogens is 174 g/mol. The topological polar surface area (TPSA) is 46.2 Å². The van der Waals surface area contributed by atoms with Gasteiger partial charge in [0.25, 0.3) is 0 Å². The maximum atomic E-state index is 11.0. The fourth-order valence-electron chi connectivity index (χ4n) is 1.00. The van der Waals surface area contributed by atoms with Gasteiger partial charge in [-0.2, -0.15) is 0 Å². The van der Waals surface area contributed by atoms with E-state index in [0.29, 0.717) is 12.2 Å². The minimum absolute atomic E-state index is 0.258. The molecule has 1 aliphatic rings. The van der Waals surface area contributed by atoms with Crippen molar-refractivity contribution in [2.45, 2.75) is 13.3 Å². The summed E-state index contributed by atoms with van der Waals surface area (Å²) in [5.74, 6) is 0.557. The van der Waals surface area contributed by atoms with Gasteiger partial charge < -0.3 is 5.32 Å². The Labute approximate surface area is 73.8 Å². The molecule has 1 heterocycles. The Kier molecular flexibility index (Phi) is 3.29. The summed E-state index contributed by atoms with van der Waals surface area (Å²) >= 11 is 0.